The van der Waals surface area contributed by atoms with Crippen molar-refractivity contribution in [1.82, 2.24) is 4.90 Å². The predicted molar refractivity (Wildman–Crippen MR) is 230 cm³/mol. The SMILES string of the molecule is CCC(=O)O[C@H]1[C@H](C)O[C@@H](O[C@H]2[C@H](N(C)C)[C@@H](O)[C@H](O[C@H]3[C@@H](CC=O)C[C@@H](C)[C@@H](O)/C=C/C=C/C[C@@H](C)OC(=O)C[C@@H](OC/C=C/c4ccccc4)[C@@H]3OC)O[C@@H]2C)C[C@@]1(C)O. The third-order valence-electron chi connectivity index (χ3n) is 11.8. The smallest absolute Gasteiger partial charge is 0.308 e. The van der Waals surface area contributed by atoms with Crippen molar-refractivity contribution in [3.8, 4) is 0 Å². The van der Waals surface area contributed by atoms with Gasteiger partial charge in [0.15, 0.2) is 18.7 Å². The Bertz CT molecular complexity index is 1620. The minimum Gasteiger partial charge on any atom is -0.462 e. The average Bonchev–Trinajstić information content (AvgIpc) is 3.21. The number of allylic oxidation sites excluding steroid dienone is 2. The summed E-state index contributed by atoms with van der Waals surface area (Å²) < 4.78 is 49.9. The van der Waals surface area contributed by atoms with Gasteiger partial charge in [0.25, 0.3) is 0 Å². The van der Waals surface area contributed by atoms with E-state index in [2.05, 4.69) is 0 Å². The molecule has 16 atom stereocenters. The first-order chi connectivity index (χ1) is 29.5. The summed E-state index contributed by atoms with van der Waals surface area (Å²) in [5.74, 6) is -1.96. The number of ether oxygens (including phenoxy) is 8. The Morgan fingerprint density at radius 3 is 2.37 bits per heavy atom. The highest BCUT2D eigenvalue weighted by Gasteiger charge is 2.52. The Morgan fingerprint density at radius 2 is 1.73 bits per heavy atom. The summed E-state index contributed by atoms with van der Waals surface area (Å²) in [4.78, 5) is 40.0. The van der Waals surface area contributed by atoms with Crippen LogP contribution >= 0.6 is 0 Å². The molecule has 0 amide bonds. The first-order valence-corrected chi connectivity index (χ1v) is 21.9. The zero-order valence-electron chi connectivity index (χ0n) is 37.8. The second-order valence-corrected chi connectivity index (χ2v) is 17.3. The summed E-state index contributed by atoms with van der Waals surface area (Å²) in [5, 5.41) is 34.8. The Kier molecular flexibility index (Phi) is 20.4. The molecule has 0 spiro atoms. The molecule has 0 bridgehead atoms. The monoisotopic (exact) mass is 873 g/mol. The molecular formula is C47H71NO14. The molecule has 0 radical (unpaired) electrons. The van der Waals surface area contributed by atoms with Crippen LogP contribution in [-0.4, -0.2) is 152 Å². The van der Waals surface area contributed by atoms with Crippen LogP contribution in [0.5, 0.6) is 0 Å². The van der Waals surface area contributed by atoms with Gasteiger partial charge >= 0.3 is 11.9 Å². The van der Waals surface area contributed by atoms with Crippen molar-refractivity contribution in [2.75, 3.05) is 27.8 Å². The minimum absolute atomic E-state index is 0.0137. The molecular weight excluding hydrogens is 803 g/mol. The number of aliphatic hydroxyl groups excluding tert-OH is 2. The fourth-order valence-electron chi connectivity index (χ4n) is 8.54. The van der Waals surface area contributed by atoms with Crippen LogP contribution in [0.4, 0.5) is 0 Å². The van der Waals surface area contributed by atoms with Gasteiger partial charge in [-0.3, -0.25) is 9.59 Å². The molecule has 3 aliphatic heterocycles. The van der Waals surface area contributed by atoms with Crippen LogP contribution < -0.4 is 0 Å². The van der Waals surface area contributed by atoms with Crippen molar-refractivity contribution < 1.29 is 67.6 Å². The van der Waals surface area contributed by atoms with Crippen LogP contribution in [-0.2, 0) is 52.3 Å². The van der Waals surface area contributed by atoms with Crippen LogP contribution in [0.3, 0.4) is 0 Å². The van der Waals surface area contributed by atoms with E-state index < -0.39 is 103 Å². The summed E-state index contributed by atoms with van der Waals surface area (Å²) >= 11 is 0. The van der Waals surface area contributed by atoms with E-state index in [4.69, 9.17) is 37.9 Å². The lowest BCUT2D eigenvalue weighted by Gasteiger charge is -2.50. The van der Waals surface area contributed by atoms with E-state index >= 15 is 0 Å². The third kappa shape index (κ3) is 14.6. The van der Waals surface area contributed by atoms with Gasteiger partial charge in [0, 0.05) is 32.8 Å². The molecule has 0 aliphatic carbocycles. The number of likely N-dealkylation sites (N-methyl/N-ethyl adjacent to an activating group) is 1. The fourth-order valence-corrected chi connectivity index (χ4v) is 8.54. The van der Waals surface area contributed by atoms with E-state index in [0.29, 0.717) is 6.42 Å². The summed E-state index contributed by atoms with van der Waals surface area (Å²) in [5.41, 5.74) is -0.520. The highest BCUT2D eigenvalue weighted by molar-refractivity contribution is 5.70. The highest BCUT2D eigenvalue weighted by atomic mass is 16.7. The van der Waals surface area contributed by atoms with Gasteiger partial charge in [0.1, 0.15) is 36.3 Å². The number of cyclic esters (lactones) is 1. The van der Waals surface area contributed by atoms with Gasteiger partial charge in [-0.1, -0.05) is 80.6 Å². The van der Waals surface area contributed by atoms with E-state index in [9.17, 15) is 29.7 Å². The van der Waals surface area contributed by atoms with Gasteiger partial charge in [-0.2, -0.15) is 0 Å². The first-order valence-electron chi connectivity index (χ1n) is 21.9. The number of aliphatic hydroxyl groups is 3. The molecule has 3 heterocycles. The van der Waals surface area contributed by atoms with Gasteiger partial charge in [0.2, 0.25) is 0 Å². The molecule has 3 N–H and O–H groups in total. The summed E-state index contributed by atoms with van der Waals surface area (Å²) in [6.45, 7) is 10.5. The van der Waals surface area contributed by atoms with Crippen molar-refractivity contribution in [2.24, 2.45) is 11.8 Å². The van der Waals surface area contributed by atoms with E-state index in [1.165, 1.54) is 7.11 Å². The lowest BCUT2D eigenvalue weighted by atomic mass is 9.82. The third-order valence-corrected chi connectivity index (χ3v) is 11.8. The van der Waals surface area contributed by atoms with E-state index in [0.717, 1.165) is 11.8 Å². The Balaban J connectivity index is 1.68. The summed E-state index contributed by atoms with van der Waals surface area (Å²) in [7, 11) is 5.03. The zero-order valence-corrected chi connectivity index (χ0v) is 37.8. The van der Waals surface area contributed by atoms with Crippen LogP contribution in [0, 0.1) is 11.8 Å². The normalized spacial score (nSPS) is 38.9. The van der Waals surface area contributed by atoms with E-state index in [-0.39, 0.29) is 44.6 Å². The standard InChI is InChI=1S/C47H71NO14/c1-10-37(51)60-45-32(5)58-39(28-47(45,6)54)61-42-31(4)59-46(41(53)40(42)48(7)8)62-43-34(23-24-49)26-29(2)35(50)22-16-11-13-18-30(3)57-38(52)27-36(44(43)55-9)56-25-17-21-33-19-14-12-15-20-33/h11-17,19-22,24,29-32,34-36,39-46,50,53-54H,10,18,23,25-28H2,1-9H3/b13-11+,21-17+,22-16+/t29-,30-,31-,32+,34+,35+,36-,39+,40-,41-,42-,43+,44+,45+,46+,47-/m1/s1. The second kappa shape index (κ2) is 24.6. The van der Waals surface area contributed by atoms with Gasteiger partial charge in [0.05, 0.1) is 49.6 Å². The van der Waals surface area contributed by atoms with Crippen molar-refractivity contribution in [3.05, 3.63) is 66.3 Å². The number of nitrogens with zero attached hydrogens (tertiary/aromatic N) is 1. The van der Waals surface area contributed by atoms with Crippen molar-refractivity contribution in [3.63, 3.8) is 0 Å². The number of carbonyl (C=O) groups excluding carboxylic acids is 3. The first kappa shape index (κ1) is 51.3. The molecule has 15 nitrogen and oxygen atoms in total. The van der Waals surface area contributed by atoms with Crippen molar-refractivity contribution in [2.45, 2.75) is 165 Å². The number of methoxy groups -OCH3 is 1. The number of esters is 2. The number of aldehydes is 1. The molecule has 1 aromatic rings. The lowest BCUT2D eigenvalue weighted by Crippen LogP contribution is -2.66. The van der Waals surface area contributed by atoms with Crippen LogP contribution in [0.2, 0.25) is 0 Å². The minimum atomic E-state index is -1.48. The largest absolute Gasteiger partial charge is 0.462 e. The zero-order chi connectivity index (χ0) is 45.6. The molecule has 4 rings (SSSR count). The summed E-state index contributed by atoms with van der Waals surface area (Å²) in [6.07, 6.45) is 1.09. The van der Waals surface area contributed by atoms with Crippen molar-refractivity contribution in [1.29, 1.82) is 0 Å². The Labute approximate surface area is 367 Å². The molecule has 1 aromatic carbocycles. The molecule has 3 aliphatic rings. The fraction of sp³-hybridized carbons (Fsp3) is 0.681. The maximum atomic E-state index is 13.6. The van der Waals surface area contributed by atoms with Gasteiger partial charge in [-0.05, 0) is 65.6 Å². The molecule has 2 fully saturated rings. The Hall–Kier alpha value is -3.35. The van der Waals surface area contributed by atoms with Crippen molar-refractivity contribution >= 4 is 24.3 Å². The Morgan fingerprint density at radius 1 is 1.00 bits per heavy atom. The predicted octanol–water partition coefficient (Wildman–Crippen LogP) is 4.54. The molecule has 348 valence electrons. The number of hydrogen-bond acceptors (Lipinski definition) is 15. The van der Waals surface area contributed by atoms with E-state index in [1.807, 2.05) is 55.5 Å². The maximum absolute atomic E-state index is 13.6. The number of carbonyl (C=O) groups is 3. The number of benzene rings is 1. The highest BCUT2D eigenvalue weighted by Crippen LogP contribution is 2.38. The molecule has 0 aromatic heterocycles. The number of rotatable bonds is 14. The lowest BCUT2D eigenvalue weighted by molar-refractivity contribution is -0.344. The quantitative estimate of drug-likeness (QED) is 0.174. The van der Waals surface area contributed by atoms with Gasteiger partial charge < -0.3 is 62.9 Å². The molecule has 62 heavy (non-hydrogen) atoms. The van der Waals surface area contributed by atoms with Crippen LogP contribution in [0.25, 0.3) is 6.08 Å². The average molecular weight is 874 g/mol. The van der Waals surface area contributed by atoms with Gasteiger partial charge in [-0.25, -0.2) is 0 Å². The molecule has 15 heteroatoms. The molecule has 2 saturated heterocycles. The molecule has 0 unspecified atom stereocenters. The maximum Gasteiger partial charge on any atom is 0.308 e. The van der Waals surface area contributed by atoms with Crippen LogP contribution in [0.1, 0.15) is 85.6 Å². The second-order valence-electron chi connectivity index (χ2n) is 17.3. The number of hydrogen-bond donors (Lipinski definition) is 3. The van der Waals surface area contributed by atoms with Gasteiger partial charge in [-0.15, -0.1) is 0 Å². The van der Waals surface area contributed by atoms with E-state index in [1.54, 1.807) is 71.8 Å². The molecule has 0 saturated carbocycles. The summed E-state index contributed by atoms with van der Waals surface area (Å²) in [6, 6.07) is 8.93. The topological polar surface area (TPSA) is 189 Å². The van der Waals surface area contributed by atoms with Crippen LogP contribution in [0.15, 0.2) is 60.7 Å².